The Hall–Kier alpha value is -2.15. The van der Waals surface area contributed by atoms with E-state index in [4.69, 9.17) is 0 Å². The van der Waals surface area contributed by atoms with Gasteiger partial charge in [0.05, 0.1) is 5.69 Å². The van der Waals surface area contributed by atoms with Crippen LogP contribution in [0.25, 0.3) is 0 Å². The first-order valence-electron chi connectivity index (χ1n) is 8.42. The molecule has 1 aromatic heterocycles. The standard InChI is InChI=1S/C18H20FN3O2S/c19-12-7-9-13(10-8-12)20-16(23)6-3-11-25-18-21-15-5-2-1-4-14(15)17(24)22-18/h7-10H,1-6,11H2,(H,20,23)(H,21,22,24). The molecular formula is C18H20FN3O2S. The number of carbonyl (C=O) groups is 1. The fourth-order valence-electron chi connectivity index (χ4n) is 2.81. The molecule has 0 unspecified atom stereocenters. The molecule has 25 heavy (non-hydrogen) atoms. The number of carbonyl (C=O) groups excluding carboxylic acids is 1. The molecule has 0 saturated carbocycles. The van der Waals surface area contributed by atoms with Crippen molar-refractivity contribution in [3.05, 3.63) is 51.7 Å². The van der Waals surface area contributed by atoms with Crippen molar-refractivity contribution in [2.75, 3.05) is 11.1 Å². The molecule has 0 spiro atoms. The van der Waals surface area contributed by atoms with Crippen LogP contribution in [0.1, 0.15) is 36.9 Å². The van der Waals surface area contributed by atoms with Crippen molar-refractivity contribution in [2.24, 2.45) is 0 Å². The smallest absolute Gasteiger partial charge is 0.254 e. The molecule has 1 aliphatic carbocycles. The Labute approximate surface area is 149 Å². The molecule has 0 radical (unpaired) electrons. The number of fused-ring (bicyclic) bond motifs is 1. The van der Waals surface area contributed by atoms with Crippen LogP contribution in [0, 0.1) is 5.82 Å². The molecule has 0 atom stereocenters. The number of rotatable bonds is 6. The van der Waals surface area contributed by atoms with Gasteiger partial charge >= 0.3 is 0 Å². The van der Waals surface area contributed by atoms with E-state index < -0.39 is 0 Å². The maximum Gasteiger partial charge on any atom is 0.254 e. The lowest BCUT2D eigenvalue weighted by atomic mass is 9.97. The zero-order valence-electron chi connectivity index (χ0n) is 13.8. The Morgan fingerprint density at radius 2 is 2.00 bits per heavy atom. The summed E-state index contributed by atoms with van der Waals surface area (Å²) in [6.45, 7) is 0. The van der Waals surface area contributed by atoms with Gasteiger partial charge in [-0.15, -0.1) is 0 Å². The molecule has 1 aliphatic rings. The van der Waals surface area contributed by atoms with Crippen LogP contribution in [0.3, 0.4) is 0 Å². The summed E-state index contributed by atoms with van der Waals surface area (Å²) < 4.78 is 12.8. The lowest BCUT2D eigenvalue weighted by Gasteiger charge is -2.14. The van der Waals surface area contributed by atoms with Crippen molar-refractivity contribution in [1.82, 2.24) is 9.97 Å². The molecule has 0 fully saturated rings. The van der Waals surface area contributed by atoms with E-state index in [1.807, 2.05) is 0 Å². The molecule has 132 valence electrons. The fourth-order valence-corrected chi connectivity index (χ4v) is 3.63. The third kappa shape index (κ3) is 4.92. The van der Waals surface area contributed by atoms with Gasteiger partial charge in [-0.05, 0) is 56.4 Å². The number of benzene rings is 1. The zero-order valence-corrected chi connectivity index (χ0v) is 14.6. The average molecular weight is 361 g/mol. The molecule has 1 heterocycles. The van der Waals surface area contributed by atoms with Gasteiger partial charge in [0, 0.05) is 23.4 Å². The van der Waals surface area contributed by atoms with E-state index in [1.54, 1.807) is 0 Å². The molecule has 1 amide bonds. The monoisotopic (exact) mass is 361 g/mol. The molecule has 7 heteroatoms. The third-order valence-corrected chi connectivity index (χ3v) is 5.04. The molecule has 5 nitrogen and oxygen atoms in total. The van der Waals surface area contributed by atoms with E-state index in [-0.39, 0.29) is 17.3 Å². The number of hydrogen-bond acceptors (Lipinski definition) is 4. The SMILES string of the molecule is O=C(CCCSc1nc2c(c(=O)[nH]1)CCCC2)Nc1ccc(F)cc1. The summed E-state index contributed by atoms with van der Waals surface area (Å²) in [5.41, 5.74) is 2.31. The van der Waals surface area contributed by atoms with Crippen molar-refractivity contribution in [1.29, 1.82) is 0 Å². The quantitative estimate of drug-likeness (QED) is 0.470. The minimum absolute atomic E-state index is 0.0266. The zero-order chi connectivity index (χ0) is 17.6. The van der Waals surface area contributed by atoms with Gasteiger partial charge in [-0.2, -0.15) is 0 Å². The van der Waals surface area contributed by atoms with E-state index in [0.717, 1.165) is 36.9 Å². The molecule has 2 N–H and O–H groups in total. The van der Waals surface area contributed by atoms with Crippen molar-refractivity contribution in [3.8, 4) is 0 Å². The minimum atomic E-state index is -0.332. The van der Waals surface area contributed by atoms with Gasteiger partial charge in [0.15, 0.2) is 5.16 Å². The number of nitrogens with zero attached hydrogens (tertiary/aromatic N) is 1. The molecule has 1 aromatic carbocycles. The van der Waals surface area contributed by atoms with Gasteiger partial charge in [0.2, 0.25) is 5.91 Å². The Morgan fingerprint density at radius 1 is 1.24 bits per heavy atom. The van der Waals surface area contributed by atoms with E-state index >= 15 is 0 Å². The summed E-state index contributed by atoms with van der Waals surface area (Å²) in [5.74, 6) is 0.249. The predicted molar refractivity (Wildman–Crippen MR) is 96.5 cm³/mol. The Bertz CT molecular complexity index is 805. The third-order valence-electron chi connectivity index (χ3n) is 4.08. The number of thioether (sulfide) groups is 1. The van der Waals surface area contributed by atoms with Crippen LogP contribution < -0.4 is 10.9 Å². The normalized spacial score (nSPS) is 13.3. The maximum absolute atomic E-state index is 12.8. The van der Waals surface area contributed by atoms with E-state index in [2.05, 4.69) is 15.3 Å². The maximum atomic E-state index is 12.8. The second-order valence-electron chi connectivity index (χ2n) is 6.01. The first-order valence-corrected chi connectivity index (χ1v) is 9.40. The molecule has 0 saturated heterocycles. The number of anilines is 1. The Morgan fingerprint density at radius 3 is 2.80 bits per heavy atom. The summed E-state index contributed by atoms with van der Waals surface area (Å²) in [6, 6.07) is 5.68. The molecule has 3 rings (SSSR count). The summed E-state index contributed by atoms with van der Waals surface area (Å²) in [5, 5.41) is 3.36. The van der Waals surface area contributed by atoms with Crippen LogP contribution in [0.2, 0.25) is 0 Å². The molecule has 0 bridgehead atoms. The molecular weight excluding hydrogens is 341 g/mol. The molecule has 0 aliphatic heterocycles. The molecule has 2 aromatic rings. The number of H-pyrrole nitrogens is 1. The van der Waals surface area contributed by atoms with Crippen molar-refractivity contribution >= 4 is 23.4 Å². The minimum Gasteiger partial charge on any atom is -0.326 e. The highest BCUT2D eigenvalue weighted by atomic mass is 32.2. The van der Waals surface area contributed by atoms with Gasteiger partial charge in [-0.25, -0.2) is 9.37 Å². The second-order valence-corrected chi connectivity index (χ2v) is 7.09. The van der Waals surface area contributed by atoms with Gasteiger partial charge in [0.1, 0.15) is 5.82 Å². The van der Waals surface area contributed by atoms with Crippen molar-refractivity contribution < 1.29 is 9.18 Å². The number of nitrogens with one attached hydrogen (secondary N) is 2. The highest BCUT2D eigenvalue weighted by Crippen LogP contribution is 2.20. The van der Waals surface area contributed by atoms with Crippen LogP contribution in [0.15, 0.2) is 34.2 Å². The summed E-state index contributed by atoms with van der Waals surface area (Å²) in [7, 11) is 0. The van der Waals surface area contributed by atoms with Gasteiger partial charge in [-0.3, -0.25) is 9.59 Å². The predicted octanol–water partition coefficient (Wildman–Crippen LogP) is 3.30. The highest BCUT2D eigenvalue weighted by molar-refractivity contribution is 7.99. The Balaban J connectivity index is 1.45. The lowest BCUT2D eigenvalue weighted by Crippen LogP contribution is -2.21. The topological polar surface area (TPSA) is 74.8 Å². The second kappa shape index (κ2) is 8.29. The summed E-state index contributed by atoms with van der Waals surface area (Å²) in [6.07, 6.45) is 4.83. The first-order chi connectivity index (χ1) is 12.1. The number of aromatic amines is 1. The van der Waals surface area contributed by atoms with Crippen molar-refractivity contribution in [3.63, 3.8) is 0 Å². The van der Waals surface area contributed by atoms with Crippen LogP contribution in [0.5, 0.6) is 0 Å². The first kappa shape index (κ1) is 17.7. The van der Waals surface area contributed by atoms with Crippen molar-refractivity contribution in [2.45, 2.75) is 43.7 Å². The Kier molecular flexibility index (Phi) is 5.86. The largest absolute Gasteiger partial charge is 0.326 e. The number of aryl methyl sites for hydroxylation is 1. The lowest BCUT2D eigenvalue weighted by molar-refractivity contribution is -0.116. The van der Waals surface area contributed by atoms with Crippen LogP contribution in [-0.4, -0.2) is 21.6 Å². The van der Waals surface area contributed by atoms with Gasteiger partial charge < -0.3 is 10.3 Å². The van der Waals surface area contributed by atoms with E-state index in [0.29, 0.717) is 29.4 Å². The highest BCUT2D eigenvalue weighted by Gasteiger charge is 2.15. The number of aromatic nitrogens is 2. The fraction of sp³-hybridized carbons (Fsp3) is 0.389. The average Bonchev–Trinajstić information content (AvgIpc) is 2.61. The van der Waals surface area contributed by atoms with Crippen LogP contribution in [0.4, 0.5) is 10.1 Å². The number of halogens is 1. The summed E-state index contributed by atoms with van der Waals surface area (Å²) >= 11 is 1.46. The summed E-state index contributed by atoms with van der Waals surface area (Å²) in [4.78, 5) is 31.3. The van der Waals surface area contributed by atoms with Crippen LogP contribution in [-0.2, 0) is 17.6 Å². The van der Waals surface area contributed by atoms with Gasteiger partial charge in [0.25, 0.3) is 5.56 Å². The van der Waals surface area contributed by atoms with Crippen LogP contribution >= 0.6 is 11.8 Å². The number of amides is 1. The van der Waals surface area contributed by atoms with Gasteiger partial charge in [-0.1, -0.05) is 11.8 Å². The number of hydrogen-bond donors (Lipinski definition) is 2. The van der Waals surface area contributed by atoms with E-state index in [9.17, 15) is 14.0 Å². The van der Waals surface area contributed by atoms with E-state index in [1.165, 1.54) is 36.0 Å².